The number of furan rings is 1. The van der Waals surface area contributed by atoms with E-state index in [0.717, 1.165) is 30.9 Å². The summed E-state index contributed by atoms with van der Waals surface area (Å²) in [5.41, 5.74) is 6.02. The average molecular weight is 264 g/mol. The predicted octanol–water partition coefficient (Wildman–Crippen LogP) is 2.11. The third-order valence-electron chi connectivity index (χ3n) is 4.23. The summed E-state index contributed by atoms with van der Waals surface area (Å²) in [5, 5.41) is 0. The molecule has 1 aromatic rings. The van der Waals surface area contributed by atoms with Gasteiger partial charge in [0.2, 0.25) is 5.91 Å². The lowest BCUT2D eigenvalue weighted by Gasteiger charge is -2.43. The van der Waals surface area contributed by atoms with E-state index in [1.54, 1.807) is 0 Å². The Bertz CT molecular complexity index is 430. The van der Waals surface area contributed by atoms with Crippen LogP contribution < -0.4 is 5.73 Å². The van der Waals surface area contributed by atoms with E-state index >= 15 is 0 Å². The Kier molecular flexibility index (Phi) is 4.30. The van der Waals surface area contributed by atoms with Crippen molar-refractivity contribution in [3.8, 4) is 0 Å². The summed E-state index contributed by atoms with van der Waals surface area (Å²) in [6, 6.07) is 3.87. The van der Waals surface area contributed by atoms with Crippen LogP contribution in [0.4, 0.5) is 0 Å². The summed E-state index contributed by atoms with van der Waals surface area (Å²) < 4.78 is 5.48. The molecule has 2 rings (SSSR count). The van der Waals surface area contributed by atoms with Crippen molar-refractivity contribution >= 4 is 5.91 Å². The van der Waals surface area contributed by atoms with E-state index in [1.165, 1.54) is 6.42 Å². The van der Waals surface area contributed by atoms with E-state index in [0.29, 0.717) is 19.4 Å². The Balaban J connectivity index is 1.79. The Morgan fingerprint density at radius 1 is 1.47 bits per heavy atom. The summed E-state index contributed by atoms with van der Waals surface area (Å²) >= 11 is 0. The quantitative estimate of drug-likeness (QED) is 0.856. The minimum absolute atomic E-state index is 0.175. The van der Waals surface area contributed by atoms with Gasteiger partial charge in [-0.25, -0.2) is 0 Å². The zero-order valence-corrected chi connectivity index (χ0v) is 11.9. The first-order valence-electron chi connectivity index (χ1n) is 7.04. The highest BCUT2D eigenvalue weighted by molar-refractivity contribution is 5.76. The molecule has 0 radical (unpaired) electrons. The van der Waals surface area contributed by atoms with Crippen LogP contribution in [-0.2, 0) is 11.2 Å². The van der Waals surface area contributed by atoms with Gasteiger partial charge >= 0.3 is 0 Å². The smallest absolute Gasteiger partial charge is 0.222 e. The van der Waals surface area contributed by atoms with Crippen molar-refractivity contribution in [1.82, 2.24) is 4.90 Å². The maximum atomic E-state index is 12.1. The molecule has 0 aromatic carbocycles. The lowest BCUT2D eigenvalue weighted by atomic mass is 9.68. The van der Waals surface area contributed by atoms with E-state index in [9.17, 15) is 4.79 Å². The standard InChI is InChI=1S/C15H24N2O2/c1-12-4-5-13(19-12)6-7-14(18)17(2)11-15(10-16)8-3-9-15/h4-5H,3,6-11,16H2,1-2H3. The van der Waals surface area contributed by atoms with Gasteiger partial charge in [-0.1, -0.05) is 6.42 Å². The number of amides is 1. The molecule has 106 valence electrons. The first-order valence-corrected chi connectivity index (χ1v) is 7.04. The van der Waals surface area contributed by atoms with E-state index < -0.39 is 0 Å². The van der Waals surface area contributed by atoms with Crippen molar-refractivity contribution < 1.29 is 9.21 Å². The molecule has 1 heterocycles. The van der Waals surface area contributed by atoms with Gasteiger partial charge in [0.05, 0.1) is 0 Å². The van der Waals surface area contributed by atoms with Crippen molar-refractivity contribution in [2.24, 2.45) is 11.1 Å². The van der Waals surface area contributed by atoms with Crippen LogP contribution in [0.15, 0.2) is 16.5 Å². The number of aryl methyl sites for hydroxylation is 2. The molecule has 4 heteroatoms. The number of carbonyl (C=O) groups is 1. The Labute approximate surface area is 114 Å². The second-order valence-electron chi connectivity index (χ2n) is 5.82. The molecule has 0 unspecified atom stereocenters. The molecule has 19 heavy (non-hydrogen) atoms. The lowest BCUT2D eigenvalue weighted by Crippen LogP contribution is -2.47. The fraction of sp³-hybridized carbons (Fsp3) is 0.667. The molecular formula is C15H24N2O2. The monoisotopic (exact) mass is 264 g/mol. The number of hydrogen-bond acceptors (Lipinski definition) is 3. The van der Waals surface area contributed by atoms with E-state index in [-0.39, 0.29) is 11.3 Å². The normalized spacial score (nSPS) is 17.0. The first-order chi connectivity index (χ1) is 9.04. The summed E-state index contributed by atoms with van der Waals surface area (Å²) in [5.74, 6) is 1.96. The van der Waals surface area contributed by atoms with Gasteiger partial charge in [0.1, 0.15) is 11.5 Å². The molecule has 1 aliphatic rings. The average Bonchev–Trinajstić information content (AvgIpc) is 2.76. The van der Waals surface area contributed by atoms with Gasteiger partial charge in [0.25, 0.3) is 0 Å². The van der Waals surface area contributed by atoms with E-state index in [4.69, 9.17) is 10.2 Å². The zero-order chi connectivity index (χ0) is 13.9. The molecule has 1 saturated carbocycles. The van der Waals surface area contributed by atoms with Crippen LogP contribution >= 0.6 is 0 Å². The molecule has 0 aliphatic heterocycles. The SMILES string of the molecule is Cc1ccc(CCC(=O)N(C)CC2(CN)CCC2)o1. The number of hydrogen-bond donors (Lipinski definition) is 1. The molecular weight excluding hydrogens is 240 g/mol. The molecule has 1 aromatic heterocycles. The van der Waals surface area contributed by atoms with Gasteiger partial charge in [0, 0.05) is 31.8 Å². The third kappa shape index (κ3) is 3.38. The van der Waals surface area contributed by atoms with Crippen LogP contribution in [0.25, 0.3) is 0 Å². The molecule has 0 bridgehead atoms. The zero-order valence-electron chi connectivity index (χ0n) is 11.9. The fourth-order valence-electron chi connectivity index (χ4n) is 2.74. The Morgan fingerprint density at radius 3 is 2.68 bits per heavy atom. The van der Waals surface area contributed by atoms with Crippen molar-refractivity contribution in [2.45, 2.75) is 39.0 Å². The lowest BCUT2D eigenvalue weighted by molar-refractivity contribution is -0.132. The number of carbonyl (C=O) groups excluding carboxylic acids is 1. The number of nitrogens with two attached hydrogens (primary N) is 1. The fourth-order valence-corrected chi connectivity index (χ4v) is 2.74. The van der Waals surface area contributed by atoms with Gasteiger partial charge in [-0.3, -0.25) is 4.79 Å². The molecule has 1 aliphatic carbocycles. The molecule has 4 nitrogen and oxygen atoms in total. The van der Waals surface area contributed by atoms with Crippen LogP contribution in [0.3, 0.4) is 0 Å². The molecule has 0 atom stereocenters. The maximum absolute atomic E-state index is 12.1. The highest BCUT2D eigenvalue weighted by Crippen LogP contribution is 2.40. The minimum Gasteiger partial charge on any atom is -0.466 e. The summed E-state index contributed by atoms with van der Waals surface area (Å²) in [6.07, 6.45) is 4.72. The number of nitrogens with zero attached hydrogens (tertiary/aromatic N) is 1. The molecule has 0 spiro atoms. The summed E-state index contributed by atoms with van der Waals surface area (Å²) in [6.45, 7) is 3.39. The van der Waals surface area contributed by atoms with Crippen molar-refractivity contribution in [3.63, 3.8) is 0 Å². The third-order valence-corrected chi connectivity index (χ3v) is 4.23. The molecule has 2 N–H and O–H groups in total. The highest BCUT2D eigenvalue weighted by atomic mass is 16.3. The predicted molar refractivity (Wildman–Crippen MR) is 74.7 cm³/mol. The van der Waals surface area contributed by atoms with E-state index in [2.05, 4.69) is 0 Å². The van der Waals surface area contributed by atoms with Crippen molar-refractivity contribution in [1.29, 1.82) is 0 Å². The van der Waals surface area contributed by atoms with Crippen LogP contribution in [0, 0.1) is 12.3 Å². The molecule has 1 fully saturated rings. The van der Waals surface area contributed by atoms with Crippen LogP contribution in [0.5, 0.6) is 0 Å². The van der Waals surface area contributed by atoms with Crippen molar-refractivity contribution in [2.75, 3.05) is 20.1 Å². The topological polar surface area (TPSA) is 59.5 Å². The summed E-state index contributed by atoms with van der Waals surface area (Å²) in [4.78, 5) is 13.9. The second kappa shape index (κ2) is 5.78. The van der Waals surface area contributed by atoms with Gasteiger partial charge in [0.15, 0.2) is 0 Å². The second-order valence-corrected chi connectivity index (χ2v) is 5.82. The van der Waals surface area contributed by atoms with Gasteiger partial charge < -0.3 is 15.1 Å². The van der Waals surface area contributed by atoms with Crippen molar-refractivity contribution in [3.05, 3.63) is 23.7 Å². The minimum atomic E-state index is 0.175. The van der Waals surface area contributed by atoms with Gasteiger partial charge in [-0.2, -0.15) is 0 Å². The Hall–Kier alpha value is -1.29. The maximum Gasteiger partial charge on any atom is 0.222 e. The Morgan fingerprint density at radius 2 is 2.21 bits per heavy atom. The molecule has 1 amide bonds. The highest BCUT2D eigenvalue weighted by Gasteiger charge is 2.37. The van der Waals surface area contributed by atoms with Crippen LogP contribution in [0.1, 0.15) is 37.2 Å². The number of rotatable bonds is 6. The van der Waals surface area contributed by atoms with Crippen LogP contribution in [0.2, 0.25) is 0 Å². The van der Waals surface area contributed by atoms with Gasteiger partial charge in [-0.05, 0) is 38.4 Å². The van der Waals surface area contributed by atoms with E-state index in [1.807, 2.05) is 31.0 Å². The van der Waals surface area contributed by atoms with Crippen LogP contribution in [-0.4, -0.2) is 30.9 Å². The van der Waals surface area contributed by atoms with Gasteiger partial charge in [-0.15, -0.1) is 0 Å². The first kappa shape index (κ1) is 14.1. The molecule has 0 saturated heterocycles. The summed E-state index contributed by atoms with van der Waals surface area (Å²) in [7, 11) is 1.88. The largest absolute Gasteiger partial charge is 0.466 e.